The lowest BCUT2D eigenvalue weighted by molar-refractivity contribution is -0.167. The monoisotopic (exact) mass is 292 g/mol. The summed E-state index contributed by atoms with van der Waals surface area (Å²) in [5.74, 6) is 2.52. The van der Waals surface area contributed by atoms with Gasteiger partial charge in [-0.1, -0.05) is 0 Å². The van der Waals surface area contributed by atoms with Gasteiger partial charge in [0.2, 0.25) is 0 Å². The van der Waals surface area contributed by atoms with E-state index >= 15 is 0 Å². The smallest absolute Gasteiger partial charge is 0.305 e. The summed E-state index contributed by atoms with van der Waals surface area (Å²) in [6.07, 6.45) is 7.00. The van der Waals surface area contributed by atoms with E-state index in [9.17, 15) is 9.90 Å². The van der Waals surface area contributed by atoms with Crippen molar-refractivity contribution in [1.29, 1.82) is 0 Å². The summed E-state index contributed by atoms with van der Waals surface area (Å²) in [4.78, 5) is 16.6. The summed E-state index contributed by atoms with van der Waals surface area (Å²) in [6, 6.07) is 0. The van der Waals surface area contributed by atoms with Gasteiger partial charge in [0.1, 0.15) is 0 Å². The highest BCUT2D eigenvalue weighted by atomic mass is 16.4. The third-order valence-electron chi connectivity index (χ3n) is 7.08. The Balaban J connectivity index is 1.66. The molecule has 5 aliphatic rings. The fraction of sp³-hybridized carbons (Fsp3) is 0.941. The number of piperazine rings is 1. The van der Waals surface area contributed by atoms with Crippen molar-refractivity contribution in [2.75, 3.05) is 33.2 Å². The lowest BCUT2D eigenvalue weighted by atomic mass is 9.47. The lowest BCUT2D eigenvalue weighted by Gasteiger charge is -2.65. The summed E-state index contributed by atoms with van der Waals surface area (Å²) in [5.41, 5.74) is -0.0134. The molecule has 0 unspecified atom stereocenters. The van der Waals surface area contributed by atoms with Crippen LogP contribution in [0.2, 0.25) is 0 Å². The topological polar surface area (TPSA) is 43.8 Å². The Morgan fingerprint density at radius 2 is 1.52 bits per heavy atom. The van der Waals surface area contributed by atoms with Crippen LogP contribution in [-0.2, 0) is 4.79 Å². The van der Waals surface area contributed by atoms with Gasteiger partial charge < -0.3 is 10.0 Å². The summed E-state index contributed by atoms with van der Waals surface area (Å²) in [7, 11) is 2.18. The molecular formula is C17H28N2O2. The van der Waals surface area contributed by atoms with Crippen molar-refractivity contribution < 1.29 is 9.90 Å². The molecule has 0 radical (unpaired) electrons. The number of hydrogen-bond acceptors (Lipinski definition) is 3. The number of carboxylic acid groups (broad SMARTS) is 1. The van der Waals surface area contributed by atoms with Crippen molar-refractivity contribution >= 4 is 5.97 Å². The van der Waals surface area contributed by atoms with Gasteiger partial charge in [0.15, 0.2) is 0 Å². The average molecular weight is 292 g/mol. The van der Waals surface area contributed by atoms with Crippen LogP contribution in [-0.4, -0.2) is 59.6 Å². The fourth-order valence-corrected chi connectivity index (χ4v) is 6.38. The normalized spacial score (nSPS) is 46.9. The predicted octanol–water partition coefficient (Wildman–Crippen LogP) is 1.90. The van der Waals surface area contributed by atoms with E-state index in [4.69, 9.17) is 0 Å². The molecule has 0 aromatic rings. The van der Waals surface area contributed by atoms with Crippen LogP contribution in [0.5, 0.6) is 0 Å². The van der Waals surface area contributed by atoms with E-state index in [1.165, 1.54) is 32.1 Å². The van der Waals surface area contributed by atoms with Gasteiger partial charge in [-0.3, -0.25) is 9.69 Å². The maximum absolute atomic E-state index is 11.7. The van der Waals surface area contributed by atoms with Crippen molar-refractivity contribution in [2.45, 2.75) is 44.1 Å². The summed E-state index contributed by atoms with van der Waals surface area (Å²) in [6.45, 7) is 4.31. The summed E-state index contributed by atoms with van der Waals surface area (Å²) >= 11 is 0. The minimum atomic E-state index is -0.582. The Bertz CT molecular complexity index is 401. The van der Waals surface area contributed by atoms with Crippen molar-refractivity contribution in [3.8, 4) is 0 Å². The van der Waals surface area contributed by atoms with Crippen LogP contribution in [0.3, 0.4) is 0 Å². The van der Waals surface area contributed by atoms with Crippen LogP contribution in [0.15, 0.2) is 0 Å². The minimum Gasteiger partial charge on any atom is -0.481 e. The van der Waals surface area contributed by atoms with Crippen LogP contribution < -0.4 is 0 Å². The fourth-order valence-electron chi connectivity index (χ4n) is 6.38. The van der Waals surface area contributed by atoms with E-state index < -0.39 is 5.97 Å². The van der Waals surface area contributed by atoms with Crippen molar-refractivity contribution in [2.24, 2.45) is 23.7 Å². The van der Waals surface area contributed by atoms with Crippen molar-refractivity contribution in [1.82, 2.24) is 9.80 Å². The summed E-state index contributed by atoms with van der Waals surface area (Å²) in [5, 5.41) is 9.61. The van der Waals surface area contributed by atoms with Crippen LogP contribution >= 0.6 is 0 Å². The van der Waals surface area contributed by atoms with E-state index in [-0.39, 0.29) is 5.54 Å². The second-order valence-electron chi connectivity index (χ2n) is 8.16. The number of rotatable bonds is 3. The Kier molecular flexibility index (Phi) is 3.30. The Hall–Kier alpha value is -0.610. The quantitative estimate of drug-likeness (QED) is 0.863. The molecule has 4 heteroatoms. The third-order valence-corrected chi connectivity index (χ3v) is 7.08. The standard InChI is InChI=1S/C17H28N2O2/c1-18-2-4-19(5-3-18)17(11-16(20)21)14-7-12-6-13(9-14)10-15(17)8-12/h12-15H,2-11H2,1H3,(H,20,21). The van der Waals surface area contributed by atoms with Crippen molar-refractivity contribution in [3.63, 3.8) is 0 Å². The number of aliphatic carboxylic acids is 1. The van der Waals surface area contributed by atoms with E-state index in [2.05, 4.69) is 16.8 Å². The zero-order valence-corrected chi connectivity index (χ0v) is 13.1. The lowest BCUT2D eigenvalue weighted by Crippen LogP contribution is -2.69. The van der Waals surface area contributed by atoms with Crippen LogP contribution in [0.4, 0.5) is 0 Å². The first-order valence-electron chi connectivity index (χ1n) is 8.73. The Morgan fingerprint density at radius 1 is 1.00 bits per heavy atom. The SMILES string of the molecule is CN1CCN(C2(CC(=O)O)C3CC4CC(C3)CC2C4)CC1. The molecule has 0 amide bonds. The largest absolute Gasteiger partial charge is 0.481 e. The molecule has 0 atom stereocenters. The molecule has 4 nitrogen and oxygen atoms in total. The second-order valence-corrected chi connectivity index (χ2v) is 8.16. The number of carboxylic acids is 1. The van der Waals surface area contributed by atoms with E-state index in [0.29, 0.717) is 18.3 Å². The molecule has 4 aliphatic carbocycles. The molecular weight excluding hydrogens is 264 g/mol. The second kappa shape index (κ2) is 4.95. The first-order valence-corrected chi connectivity index (χ1v) is 8.73. The average Bonchev–Trinajstić information content (AvgIpc) is 2.43. The number of likely N-dealkylation sites (N-methyl/N-ethyl adjacent to an activating group) is 1. The molecule has 1 aliphatic heterocycles. The highest BCUT2D eigenvalue weighted by Crippen LogP contribution is 2.61. The molecule has 1 N–H and O–H groups in total. The molecule has 21 heavy (non-hydrogen) atoms. The van der Waals surface area contributed by atoms with Gasteiger partial charge in [-0.15, -0.1) is 0 Å². The zero-order valence-electron chi connectivity index (χ0n) is 13.1. The molecule has 5 rings (SSSR count). The highest BCUT2D eigenvalue weighted by Gasteiger charge is 2.60. The number of hydrogen-bond donors (Lipinski definition) is 1. The van der Waals surface area contributed by atoms with Gasteiger partial charge in [-0.2, -0.15) is 0 Å². The maximum Gasteiger partial charge on any atom is 0.305 e. The molecule has 1 heterocycles. The first-order chi connectivity index (χ1) is 10.1. The molecule has 5 fully saturated rings. The molecule has 4 saturated carbocycles. The molecule has 0 spiro atoms. The number of nitrogens with zero attached hydrogens (tertiary/aromatic N) is 2. The first kappa shape index (κ1) is 14.0. The van der Waals surface area contributed by atoms with Gasteiger partial charge in [-0.25, -0.2) is 0 Å². The molecule has 0 aromatic carbocycles. The summed E-state index contributed by atoms with van der Waals surface area (Å²) < 4.78 is 0. The van der Waals surface area contributed by atoms with E-state index in [0.717, 1.165) is 38.0 Å². The van der Waals surface area contributed by atoms with Crippen LogP contribution in [0.1, 0.15) is 38.5 Å². The molecule has 4 bridgehead atoms. The van der Waals surface area contributed by atoms with E-state index in [1.807, 2.05) is 0 Å². The van der Waals surface area contributed by atoms with Gasteiger partial charge >= 0.3 is 5.97 Å². The minimum absolute atomic E-state index is 0.0134. The molecule has 118 valence electrons. The van der Waals surface area contributed by atoms with Gasteiger partial charge in [0.05, 0.1) is 6.42 Å². The molecule has 1 saturated heterocycles. The Labute approximate surface area is 127 Å². The van der Waals surface area contributed by atoms with Crippen LogP contribution in [0.25, 0.3) is 0 Å². The van der Waals surface area contributed by atoms with Gasteiger partial charge in [0, 0.05) is 31.7 Å². The zero-order chi connectivity index (χ0) is 14.6. The third kappa shape index (κ3) is 2.14. The molecule has 0 aromatic heterocycles. The van der Waals surface area contributed by atoms with Gasteiger partial charge in [-0.05, 0) is 62.8 Å². The maximum atomic E-state index is 11.7. The predicted molar refractivity (Wildman–Crippen MR) is 81.1 cm³/mol. The van der Waals surface area contributed by atoms with E-state index in [1.54, 1.807) is 0 Å². The highest BCUT2D eigenvalue weighted by molar-refractivity contribution is 5.68. The van der Waals surface area contributed by atoms with Crippen LogP contribution in [0, 0.1) is 23.7 Å². The Morgan fingerprint density at radius 3 is 2.00 bits per heavy atom. The van der Waals surface area contributed by atoms with Crippen molar-refractivity contribution in [3.05, 3.63) is 0 Å². The number of carbonyl (C=O) groups is 1. The van der Waals surface area contributed by atoms with Gasteiger partial charge in [0.25, 0.3) is 0 Å².